The van der Waals surface area contributed by atoms with Gasteiger partial charge in [-0.15, -0.1) is 0 Å². The van der Waals surface area contributed by atoms with E-state index in [0.29, 0.717) is 17.5 Å². The second-order valence-electron chi connectivity index (χ2n) is 15.9. The lowest BCUT2D eigenvalue weighted by atomic mass is 9.93. The highest BCUT2D eigenvalue weighted by molar-refractivity contribution is 6.30. The van der Waals surface area contributed by atoms with Gasteiger partial charge in [-0.2, -0.15) is 0 Å². The van der Waals surface area contributed by atoms with E-state index in [2.05, 4.69) is 114 Å². The zero-order chi connectivity index (χ0) is 39.8. The number of aromatic nitrogens is 4. The topological polar surface area (TPSA) is 69.9 Å². The molecule has 0 unspecified atom stereocenters. The molecule has 282 valence electrons. The molecule has 9 aromatic carbocycles. The Hall–Kier alpha value is -8.35. The zero-order valence-electron chi connectivity index (χ0n) is 32.4. The maximum atomic E-state index is 6.76. The van der Waals surface area contributed by atoms with Crippen molar-refractivity contribution in [3.05, 3.63) is 182 Å². The Kier molecular flexibility index (Phi) is 6.46. The molecule has 1 aliphatic rings. The molecule has 0 N–H and O–H groups in total. The van der Waals surface area contributed by atoms with Crippen LogP contribution < -0.4 is 0 Å². The van der Waals surface area contributed by atoms with Crippen LogP contribution in [0.3, 0.4) is 0 Å². The molecule has 13 aromatic rings. The second kappa shape index (κ2) is 12.1. The molecule has 4 aromatic heterocycles. The highest BCUT2D eigenvalue weighted by atomic mass is 16.3. The normalized spacial score (nSPS) is 12.3. The zero-order valence-corrected chi connectivity index (χ0v) is 32.4. The van der Waals surface area contributed by atoms with E-state index in [1.165, 1.54) is 49.3 Å². The summed E-state index contributed by atoms with van der Waals surface area (Å²) in [6.45, 7) is 0. The van der Waals surface area contributed by atoms with Crippen LogP contribution in [0.2, 0.25) is 0 Å². The van der Waals surface area contributed by atoms with Crippen molar-refractivity contribution >= 4 is 76.5 Å². The predicted octanol–water partition coefficient (Wildman–Crippen LogP) is 14.6. The third kappa shape index (κ3) is 4.58. The van der Waals surface area contributed by atoms with Crippen LogP contribution in [-0.4, -0.2) is 19.5 Å². The largest absolute Gasteiger partial charge is 0.456 e. The smallest absolute Gasteiger partial charge is 0.164 e. The van der Waals surface area contributed by atoms with E-state index in [4.69, 9.17) is 23.8 Å². The van der Waals surface area contributed by atoms with Gasteiger partial charge in [-0.1, -0.05) is 121 Å². The fourth-order valence-corrected chi connectivity index (χ4v) is 9.95. The Bertz CT molecular complexity index is 4010. The molecule has 0 radical (unpaired) electrons. The summed E-state index contributed by atoms with van der Waals surface area (Å²) in [6.07, 6.45) is 0. The summed E-state index contributed by atoms with van der Waals surface area (Å²) in [5, 5.41) is 9.11. The Morgan fingerprint density at radius 2 is 0.984 bits per heavy atom. The van der Waals surface area contributed by atoms with Gasteiger partial charge < -0.3 is 13.4 Å². The highest BCUT2D eigenvalue weighted by Crippen LogP contribution is 2.50. The summed E-state index contributed by atoms with van der Waals surface area (Å²) in [7, 11) is 0. The summed E-state index contributed by atoms with van der Waals surface area (Å²) >= 11 is 0. The maximum Gasteiger partial charge on any atom is 0.164 e. The van der Waals surface area contributed by atoms with Crippen LogP contribution in [0.25, 0.3) is 139 Å². The van der Waals surface area contributed by atoms with E-state index in [0.717, 1.165) is 71.8 Å². The monoisotopic (exact) mass is 778 g/mol. The van der Waals surface area contributed by atoms with Gasteiger partial charge in [0.05, 0.1) is 11.0 Å². The maximum absolute atomic E-state index is 6.76. The Labute approximate surface area is 347 Å². The van der Waals surface area contributed by atoms with Crippen LogP contribution in [0.5, 0.6) is 0 Å². The van der Waals surface area contributed by atoms with E-state index >= 15 is 0 Å². The van der Waals surface area contributed by atoms with Crippen LogP contribution in [0, 0.1) is 0 Å². The first-order valence-electron chi connectivity index (χ1n) is 20.5. The van der Waals surface area contributed by atoms with Crippen LogP contribution in [0.4, 0.5) is 0 Å². The Morgan fingerprint density at radius 1 is 0.328 bits per heavy atom. The number of benzene rings is 9. The molecule has 0 saturated heterocycles. The van der Waals surface area contributed by atoms with Crippen molar-refractivity contribution in [2.75, 3.05) is 0 Å². The Morgan fingerprint density at radius 3 is 1.87 bits per heavy atom. The molecule has 0 amide bonds. The number of hydrogen-bond acceptors (Lipinski definition) is 5. The molecule has 0 spiro atoms. The van der Waals surface area contributed by atoms with Gasteiger partial charge in [0.25, 0.3) is 0 Å². The van der Waals surface area contributed by atoms with Crippen molar-refractivity contribution in [2.45, 2.75) is 0 Å². The van der Waals surface area contributed by atoms with Gasteiger partial charge in [-0.25, -0.2) is 15.0 Å². The van der Waals surface area contributed by atoms with Crippen LogP contribution in [0.15, 0.2) is 191 Å². The van der Waals surface area contributed by atoms with Gasteiger partial charge in [0, 0.05) is 60.8 Å². The van der Waals surface area contributed by atoms with Crippen molar-refractivity contribution in [1.29, 1.82) is 0 Å². The predicted molar refractivity (Wildman–Crippen MR) is 247 cm³/mol. The summed E-state index contributed by atoms with van der Waals surface area (Å²) in [5.74, 6) is 1.76. The van der Waals surface area contributed by atoms with Gasteiger partial charge in [0.15, 0.2) is 17.5 Å². The Balaban J connectivity index is 0.977. The molecule has 0 atom stereocenters. The molecular weight excluding hydrogens is 749 g/mol. The van der Waals surface area contributed by atoms with Gasteiger partial charge in [-0.05, 0) is 87.6 Å². The molecule has 0 bridgehead atoms. The number of para-hydroxylation sites is 1. The third-order valence-corrected chi connectivity index (χ3v) is 12.6. The molecule has 6 nitrogen and oxygen atoms in total. The molecule has 4 heterocycles. The van der Waals surface area contributed by atoms with E-state index in [1.807, 2.05) is 72.8 Å². The lowest BCUT2D eigenvalue weighted by molar-refractivity contribution is 0.668. The summed E-state index contributed by atoms with van der Waals surface area (Å²) in [5.41, 5.74) is 14.3. The minimum atomic E-state index is 0.575. The summed E-state index contributed by atoms with van der Waals surface area (Å²) < 4.78 is 15.3. The average molecular weight is 779 g/mol. The summed E-state index contributed by atoms with van der Waals surface area (Å²) in [4.78, 5) is 15.4. The van der Waals surface area contributed by atoms with Gasteiger partial charge in [-0.3, -0.25) is 0 Å². The lowest BCUT2D eigenvalue weighted by Crippen LogP contribution is -2.00. The first kappa shape index (κ1) is 32.6. The molecule has 6 heteroatoms. The van der Waals surface area contributed by atoms with E-state index in [-0.39, 0.29) is 0 Å². The number of rotatable bonds is 4. The number of nitrogens with zero attached hydrogens (tertiary/aromatic N) is 4. The summed E-state index contributed by atoms with van der Waals surface area (Å²) in [6, 6.07) is 63.8. The van der Waals surface area contributed by atoms with Crippen molar-refractivity contribution in [3.63, 3.8) is 0 Å². The minimum Gasteiger partial charge on any atom is -0.456 e. The quantitative estimate of drug-likeness (QED) is 0.178. The number of furan rings is 2. The van der Waals surface area contributed by atoms with Gasteiger partial charge >= 0.3 is 0 Å². The molecule has 0 fully saturated rings. The molecule has 61 heavy (non-hydrogen) atoms. The highest BCUT2D eigenvalue weighted by Gasteiger charge is 2.25. The lowest BCUT2D eigenvalue weighted by Gasteiger charge is -2.13. The van der Waals surface area contributed by atoms with E-state index in [1.54, 1.807) is 0 Å². The first-order valence-corrected chi connectivity index (χ1v) is 20.5. The van der Waals surface area contributed by atoms with E-state index in [9.17, 15) is 0 Å². The average Bonchev–Trinajstić information content (AvgIpc) is 3.98. The first-order chi connectivity index (χ1) is 30.2. The SMILES string of the molecule is c1ccc(-c2nc(-c3ccc4oc5ccccc5c4c3)nc(-c3cccc4oc5cc(-n6c7cccc8c7c7c9c(cccc9ccc76)-c6ccccc6-8)ccc5c34)n2)cc1. The minimum absolute atomic E-state index is 0.575. The molecule has 14 rings (SSSR count). The van der Waals surface area contributed by atoms with Crippen LogP contribution in [0.1, 0.15) is 0 Å². The second-order valence-corrected chi connectivity index (χ2v) is 15.9. The molecular formula is C55H30N4O2. The molecule has 0 aliphatic heterocycles. The van der Waals surface area contributed by atoms with Crippen molar-refractivity contribution in [3.8, 4) is 62.1 Å². The standard InChI is InChI=1S/C55H30N4O2/c1-2-11-32(12-3-1)53-56-54(33-24-28-46-42(29-33)37-16-6-7-21-45(37)60-46)58-55(57-53)41-19-10-22-47-50(41)40-26-25-34(30-48(40)61-47)59-43-20-9-18-39-36-15-5-4-14-35(36)38-17-8-13-31-23-27-44(59)52(49(31)38)51(39)43/h1-30H. The van der Waals surface area contributed by atoms with Gasteiger partial charge in [0.2, 0.25) is 0 Å². The fraction of sp³-hybridized carbons (Fsp3) is 0. The van der Waals surface area contributed by atoms with Crippen molar-refractivity contribution in [1.82, 2.24) is 19.5 Å². The van der Waals surface area contributed by atoms with Crippen molar-refractivity contribution in [2.24, 2.45) is 0 Å². The fourth-order valence-electron chi connectivity index (χ4n) is 9.95. The number of hydrogen-bond donors (Lipinski definition) is 0. The number of fused-ring (bicyclic) bond motifs is 9. The third-order valence-electron chi connectivity index (χ3n) is 12.6. The van der Waals surface area contributed by atoms with E-state index < -0.39 is 0 Å². The molecule has 1 aliphatic carbocycles. The van der Waals surface area contributed by atoms with Crippen LogP contribution in [-0.2, 0) is 0 Å². The van der Waals surface area contributed by atoms with Gasteiger partial charge in [0.1, 0.15) is 22.3 Å². The molecule has 0 saturated carbocycles. The van der Waals surface area contributed by atoms with Crippen LogP contribution >= 0.6 is 0 Å². The van der Waals surface area contributed by atoms with Crippen molar-refractivity contribution < 1.29 is 8.83 Å².